The van der Waals surface area contributed by atoms with Gasteiger partial charge in [-0.3, -0.25) is 4.79 Å². The van der Waals surface area contributed by atoms with Gasteiger partial charge in [-0.1, -0.05) is 0 Å². The number of ether oxygens (including phenoxy) is 2. The lowest BCUT2D eigenvalue weighted by Gasteiger charge is -2.45. The molecule has 0 unspecified atom stereocenters. The molecular formula is C14H25NO3. The molecule has 18 heavy (non-hydrogen) atoms. The summed E-state index contributed by atoms with van der Waals surface area (Å²) in [6.45, 7) is 7.64. The fourth-order valence-electron chi connectivity index (χ4n) is 2.96. The maximum absolute atomic E-state index is 12.1. The van der Waals surface area contributed by atoms with Crippen molar-refractivity contribution in [3.05, 3.63) is 0 Å². The smallest absolute Gasteiger partial charge is 0.248 e. The van der Waals surface area contributed by atoms with Gasteiger partial charge < -0.3 is 14.4 Å². The van der Waals surface area contributed by atoms with Crippen LogP contribution in [0, 0.1) is 5.41 Å². The second-order valence-electron chi connectivity index (χ2n) is 5.89. The normalized spacial score (nSPS) is 23.6. The Bertz CT molecular complexity index is 279. The van der Waals surface area contributed by atoms with Gasteiger partial charge in [0.1, 0.15) is 6.61 Å². The Morgan fingerprint density at radius 3 is 2.72 bits per heavy atom. The van der Waals surface area contributed by atoms with Crippen molar-refractivity contribution in [1.82, 2.24) is 4.90 Å². The summed E-state index contributed by atoms with van der Waals surface area (Å²) < 4.78 is 10.9. The van der Waals surface area contributed by atoms with E-state index in [-0.39, 0.29) is 18.6 Å². The Morgan fingerprint density at radius 2 is 2.06 bits per heavy atom. The minimum Gasteiger partial charge on any atom is -0.381 e. The molecule has 2 aliphatic heterocycles. The van der Waals surface area contributed by atoms with Crippen LogP contribution in [0.25, 0.3) is 0 Å². The van der Waals surface area contributed by atoms with Crippen LogP contribution in [0.3, 0.4) is 0 Å². The summed E-state index contributed by atoms with van der Waals surface area (Å²) in [5.41, 5.74) is 0.323. The third-order valence-electron chi connectivity index (χ3n) is 4.11. The third kappa shape index (κ3) is 3.45. The van der Waals surface area contributed by atoms with Crippen molar-refractivity contribution >= 4 is 5.91 Å². The van der Waals surface area contributed by atoms with Crippen LogP contribution in [-0.4, -0.2) is 49.8 Å². The lowest BCUT2D eigenvalue weighted by molar-refractivity contribution is -0.143. The second-order valence-corrected chi connectivity index (χ2v) is 5.89. The number of hydrogen-bond acceptors (Lipinski definition) is 3. The minimum atomic E-state index is 0.121. The first-order chi connectivity index (χ1) is 8.61. The highest BCUT2D eigenvalue weighted by Crippen LogP contribution is 2.39. The molecular weight excluding hydrogens is 230 g/mol. The number of carbonyl (C=O) groups excluding carboxylic acids is 1. The van der Waals surface area contributed by atoms with E-state index in [1.807, 2.05) is 18.7 Å². The van der Waals surface area contributed by atoms with E-state index in [9.17, 15) is 4.79 Å². The van der Waals surface area contributed by atoms with E-state index in [1.54, 1.807) is 0 Å². The molecule has 0 aromatic rings. The molecule has 0 aromatic heterocycles. The molecule has 0 radical (unpaired) electrons. The molecule has 0 N–H and O–H groups in total. The molecule has 0 saturated carbocycles. The van der Waals surface area contributed by atoms with Gasteiger partial charge in [0.2, 0.25) is 5.91 Å². The van der Waals surface area contributed by atoms with E-state index in [4.69, 9.17) is 9.47 Å². The molecule has 0 bridgehead atoms. The van der Waals surface area contributed by atoms with Crippen LogP contribution in [0.4, 0.5) is 0 Å². The first-order valence-electron chi connectivity index (χ1n) is 7.08. The monoisotopic (exact) mass is 255 g/mol. The van der Waals surface area contributed by atoms with Crippen LogP contribution in [-0.2, 0) is 14.3 Å². The summed E-state index contributed by atoms with van der Waals surface area (Å²) in [7, 11) is 0. The number of hydrogen-bond donors (Lipinski definition) is 0. The topological polar surface area (TPSA) is 38.8 Å². The number of carbonyl (C=O) groups is 1. The Kier molecular flexibility index (Phi) is 4.62. The summed E-state index contributed by atoms with van der Waals surface area (Å²) in [5, 5.41) is 0. The van der Waals surface area contributed by atoms with Gasteiger partial charge in [0.25, 0.3) is 0 Å². The SMILES string of the molecule is CC(C)OCC(=O)N1CCCC2(CCOCC2)C1. The average Bonchev–Trinajstić information content (AvgIpc) is 2.37. The van der Waals surface area contributed by atoms with Crippen molar-refractivity contribution in [1.29, 1.82) is 0 Å². The largest absolute Gasteiger partial charge is 0.381 e. The predicted molar refractivity (Wildman–Crippen MR) is 69.4 cm³/mol. The minimum absolute atomic E-state index is 0.121. The van der Waals surface area contributed by atoms with Crippen LogP contribution >= 0.6 is 0 Å². The third-order valence-corrected chi connectivity index (χ3v) is 4.11. The van der Waals surface area contributed by atoms with Gasteiger partial charge in [0, 0.05) is 26.3 Å². The van der Waals surface area contributed by atoms with Crippen molar-refractivity contribution in [2.75, 3.05) is 32.9 Å². The molecule has 1 spiro atoms. The number of piperidine rings is 1. The molecule has 2 aliphatic rings. The van der Waals surface area contributed by atoms with Crippen molar-refractivity contribution in [2.45, 2.75) is 45.6 Å². The maximum Gasteiger partial charge on any atom is 0.248 e. The molecule has 4 nitrogen and oxygen atoms in total. The number of likely N-dealkylation sites (tertiary alicyclic amines) is 1. The molecule has 2 rings (SSSR count). The molecule has 2 saturated heterocycles. The van der Waals surface area contributed by atoms with Crippen molar-refractivity contribution < 1.29 is 14.3 Å². The van der Waals surface area contributed by atoms with Crippen molar-refractivity contribution in [2.24, 2.45) is 5.41 Å². The lowest BCUT2D eigenvalue weighted by Crippen LogP contribution is -2.49. The highest BCUT2D eigenvalue weighted by atomic mass is 16.5. The van der Waals surface area contributed by atoms with Crippen molar-refractivity contribution in [3.8, 4) is 0 Å². The summed E-state index contributed by atoms with van der Waals surface area (Å²) in [6.07, 6.45) is 4.68. The van der Waals surface area contributed by atoms with Crippen LogP contribution in [0.5, 0.6) is 0 Å². The number of nitrogens with zero attached hydrogens (tertiary/aromatic N) is 1. The second kappa shape index (κ2) is 6.02. The van der Waals surface area contributed by atoms with Gasteiger partial charge in [-0.05, 0) is 44.9 Å². The number of amides is 1. The zero-order chi connectivity index (χ0) is 13.0. The quantitative estimate of drug-likeness (QED) is 0.772. The van der Waals surface area contributed by atoms with E-state index in [1.165, 1.54) is 6.42 Å². The molecule has 104 valence electrons. The Balaban J connectivity index is 1.87. The van der Waals surface area contributed by atoms with Gasteiger partial charge in [-0.15, -0.1) is 0 Å². The lowest BCUT2D eigenvalue weighted by atomic mass is 9.74. The molecule has 2 heterocycles. The molecule has 0 aromatic carbocycles. The van der Waals surface area contributed by atoms with Gasteiger partial charge >= 0.3 is 0 Å². The summed E-state index contributed by atoms with van der Waals surface area (Å²) in [4.78, 5) is 14.1. The summed E-state index contributed by atoms with van der Waals surface area (Å²) in [5.74, 6) is 0.147. The Morgan fingerprint density at radius 1 is 1.33 bits per heavy atom. The van der Waals surface area contributed by atoms with E-state index < -0.39 is 0 Å². The highest BCUT2D eigenvalue weighted by molar-refractivity contribution is 5.77. The zero-order valence-electron chi connectivity index (χ0n) is 11.6. The fourth-order valence-corrected chi connectivity index (χ4v) is 2.96. The summed E-state index contributed by atoms with van der Waals surface area (Å²) in [6, 6.07) is 0. The number of rotatable bonds is 3. The van der Waals surface area contributed by atoms with Crippen LogP contribution in [0.2, 0.25) is 0 Å². The van der Waals surface area contributed by atoms with Crippen LogP contribution < -0.4 is 0 Å². The summed E-state index contributed by atoms with van der Waals surface area (Å²) >= 11 is 0. The molecule has 0 aliphatic carbocycles. The van der Waals surface area contributed by atoms with Gasteiger partial charge in [0.15, 0.2) is 0 Å². The molecule has 4 heteroatoms. The highest BCUT2D eigenvalue weighted by Gasteiger charge is 2.38. The van der Waals surface area contributed by atoms with E-state index >= 15 is 0 Å². The van der Waals surface area contributed by atoms with Crippen molar-refractivity contribution in [3.63, 3.8) is 0 Å². The first kappa shape index (κ1) is 13.8. The van der Waals surface area contributed by atoms with E-state index in [0.717, 1.165) is 45.6 Å². The van der Waals surface area contributed by atoms with E-state index in [0.29, 0.717) is 5.41 Å². The van der Waals surface area contributed by atoms with Gasteiger partial charge in [0.05, 0.1) is 6.10 Å². The van der Waals surface area contributed by atoms with Crippen LogP contribution in [0.1, 0.15) is 39.5 Å². The molecule has 2 fully saturated rings. The molecule has 0 atom stereocenters. The Hall–Kier alpha value is -0.610. The van der Waals surface area contributed by atoms with Crippen LogP contribution in [0.15, 0.2) is 0 Å². The van der Waals surface area contributed by atoms with Gasteiger partial charge in [-0.25, -0.2) is 0 Å². The predicted octanol–water partition coefficient (Wildman–Crippen LogP) is 1.83. The van der Waals surface area contributed by atoms with E-state index in [2.05, 4.69) is 0 Å². The standard InChI is InChI=1S/C14H25NO3/c1-12(2)18-10-13(16)15-7-3-4-14(11-15)5-8-17-9-6-14/h12H,3-11H2,1-2H3. The zero-order valence-corrected chi connectivity index (χ0v) is 11.6. The average molecular weight is 255 g/mol. The maximum atomic E-state index is 12.1. The first-order valence-corrected chi connectivity index (χ1v) is 7.08. The van der Waals surface area contributed by atoms with Gasteiger partial charge in [-0.2, -0.15) is 0 Å². The Labute approximate surface area is 110 Å². The fraction of sp³-hybridized carbons (Fsp3) is 0.929. The molecule has 1 amide bonds.